The standard InChI is InChI=1S/C31H35N2O10P/c1-32(2)44(38,33(3)4)43-31-27(42-30(37)23-18-12-7-13-19-23)26(41-29(36)22-16-10-6-11-17-22)25(24(20-34)39-31)40-28(35)21-14-8-5-9-15-21/h5-19,24-27,31,34H,20H2,1-4H3/t24-,25-,26+,27-,31-/m1/s1. The molecule has 3 aromatic rings. The number of hydrogen-bond donors (Lipinski definition) is 1. The topological polar surface area (TPSA) is 141 Å². The maximum atomic E-state index is 13.9. The van der Waals surface area contributed by atoms with Gasteiger partial charge in [-0.15, -0.1) is 0 Å². The fourth-order valence-corrected chi connectivity index (χ4v) is 6.02. The molecule has 0 spiro atoms. The second kappa shape index (κ2) is 14.7. The molecule has 44 heavy (non-hydrogen) atoms. The monoisotopic (exact) mass is 626 g/mol. The maximum Gasteiger partial charge on any atom is 0.347 e. The Morgan fingerprint density at radius 1 is 0.659 bits per heavy atom. The van der Waals surface area contributed by atoms with Crippen molar-refractivity contribution in [2.45, 2.75) is 30.7 Å². The minimum absolute atomic E-state index is 0.157. The molecular weight excluding hydrogens is 591 g/mol. The van der Waals surface area contributed by atoms with Gasteiger partial charge in [0.15, 0.2) is 18.3 Å². The lowest BCUT2D eigenvalue weighted by Gasteiger charge is -2.45. The lowest BCUT2D eigenvalue weighted by molar-refractivity contribution is -0.277. The molecule has 1 N–H and O–H groups in total. The summed E-state index contributed by atoms with van der Waals surface area (Å²) >= 11 is 0. The van der Waals surface area contributed by atoms with Gasteiger partial charge in [-0.2, -0.15) is 0 Å². The third kappa shape index (κ3) is 7.59. The van der Waals surface area contributed by atoms with Gasteiger partial charge in [-0.25, -0.2) is 23.7 Å². The van der Waals surface area contributed by atoms with Crippen molar-refractivity contribution in [3.05, 3.63) is 108 Å². The molecule has 3 aromatic carbocycles. The number of hydrogen-bond acceptors (Lipinski definition) is 10. The number of aliphatic hydroxyl groups excluding tert-OH is 1. The molecule has 5 atom stereocenters. The minimum atomic E-state index is -3.81. The van der Waals surface area contributed by atoms with E-state index in [1.54, 1.807) is 54.6 Å². The summed E-state index contributed by atoms with van der Waals surface area (Å²) in [4.78, 5) is 40.0. The van der Waals surface area contributed by atoms with Crippen molar-refractivity contribution in [1.82, 2.24) is 9.34 Å². The van der Waals surface area contributed by atoms with Crippen LogP contribution in [0.5, 0.6) is 0 Å². The molecule has 4 rings (SSSR count). The first kappa shape index (κ1) is 33.0. The predicted octanol–water partition coefficient (Wildman–Crippen LogP) is 3.63. The largest absolute Gasteiger partial charge is 0.452 e. The van der Waals surface area contributed by atoms with Gasteiger partial charge in [0.25, 0.3) is 0 Å². The summed E-state index contributed by atoms with van der Waals surface area (Å²) < 4.78 is 46.1. The van der Waals surface area contributed by atoms with E-state index in [0.29, 0.717) is 0 Å². The highest BCUT2D eigenvalue weighted by Gasteiger charge is 2.55. The summed E-state index contributed by atoms with van der Waals surface area (Å²) in [6, 6.07) is 24.1. The van der Waals surface area contributed by atoms with Crippen LogP contribution in [-0.2, 0) is 28.0 Å². The third-order valence-corrected chi connectivity index (χ3v) is 9.29. The summed E-state index contributed by atoms with van der Waals surface area (Å²) in [6.07, 6.45) is -7.65. The number of carbonyl (C=O) groups is 3. The van der Waals surface area contributed by atoms with Gasteiger partial charge in [-0.05, 0) is 64.6 Å². The maximum absolute atomic E-state index is 13.9. The molecule has 1 aliphatic rings. The average Bonchev–Trinajstić information content (AvgIpc) is 3.04. The van der Waals surface area contributed by atoms with E-state index in [0.717, 1.165) is 0 Å². The molecule has 234 valence electrons. The van der Waals surface area contributed by atoms with Crippen LogP contribution in [0.3, 0.4) is 0 Å². The molecule has 0 aromatic heterocycles. The molecule has 0 saturated carbocycles. The first-order valence-electron chi connectivity index (χ1n) is 13.7. The highest BCUT2D eigenvalue weighted by atomic mass is 31.2. The van der Waals surface area contributed by atoms with Crippen LogP contribution >= 0.6 is 7.67 Å². The fraction of sp³-hybridized carbons (Fsp3) is 0.323. The zero-order valence-electron chi connectivity index (χ0n) is 24.7. The second-order valence-corrected chi connectivity index (χ2v) is 13.0. The van der Waals surface area contributed by atoms with Crippen LogP contribution in [-0.4, -0.2) is 97.9 Å². The van der Waals surface area contributed by atoms with E-state index in [4.69, 9.17) is 23.5 Å². The van der Waals surface area contributed by atoms with Gasteiger partial charge in [0.2, 0.25) is 6.29 Å². The normalized spacial score (nSPS) is 21.9. The van der Waals surface area contributed by atoms with Crippen LogP contribution in [0.15, 0.2) is 91.0 Å². The van der Waals surface area contributed by atoms with E-state index in [1.807, 2.05) is 0 Å². The van der Waals surface area contributed by atoms with E-state index in [9.17, 15) is 24.1 Å². The third-order valence-electron chi connectivity index (χ3n) is 6.78. The van der Waals surface area contributed by atoms with Gasteiger partial charge >= 0.3 is 25.6 Å². The number of carbonyl (C=O) groups excluding carboxylic acids is 3. The molecule has 0 bridgehead atoms. The first-order chi connectivity index (χ1) is 21.0. The zero-order valence-corrected chi connectivity index (χ0v) is 25.6. The van der Waals surface area contributed by atoms with Gasteiger partial charge in [0, 0.05) is 0 Å². The molecule has 0 amide bonds. The Labute approximate surface area is 255 Å². The number of benzene rings is 3. The number of nitrogens with zero attached hydrogens (tertiary/aromatic N) is 2. The van der Waals surface area contributed by atoms with E-state index in [1.165, 1.54) is 73.9 Å². The average molecular weight is 627 g/mol. The number of esters is 3. The highest BCUT2D eigenvalue weighted by Crippen LogP contribution is 2.53. The Morgan fingerprint density at radius 3 is 1.39 bits per heavy atom. The summed E-state index contributed by atoms with van der Waals surface area (Å²) in [6.45, 7) is -0.723. The molecule has 1 aliphatic heterocycles. The Morgan fingerprint density at radius 2 is 1.02 bits per heavy atom. The van der Waals surface area contributed by atoms with Crippen LogP contribution in [0.25, 0.3) is 0 Å². The summed E-state index contributed by atoms with van der Waals surface area (Å²) in [7, 11) is 2.28. The lowest BCUT2D eigenvalue weighted by Crippen LogP contribution is -2.63. The predicted molar refractivity (Wildman–Crippen MR) is 159 cm³/mol. The Kier molecular flexibility index (Phi) is 11.0. The summed E-state index contributed by atoms with van der Waals surface area (Å²) in [5, 5.41) is 10.4. The Hall–Kier alpha value is -3.90. The minimum Gasteiger partial charge on any atom is -0.452 e. The van der Waals surface area contributed by atoms with Crippen LogP contribution in [0, 0.1) is 0 Å². The van der Waals surface area contributed by atoms with Gasteiger partial charge in [-0.3, -0.25) is 9.09 Å². The van der Waals surface area contributed by atoms with Crippen molar-refractivity contribution in [2.75, 3.05) is 34.8 Å². The summed E-state index contributed by atoms with van der Waals surface area (Å²) in [5.74, 6) is -2.48. The Balaban J connectivity index is 1.80. The van der Waals surface area contributed by atoms with E-state index >= 15 is 0 Å². The first-order valence-corrected chi connectivity index (χ1v) is 15.3. The number of aliphatic hydroxyl groups is 1. The zero-order chi connectivity index (χ0) is 31.9. The lowest BCUT2D eigenvalue weighted by atomic mass is 9.98. The molecule has 0 unspecified atom stereocenters. The van der Waals surface area contributed by atoms with Crippen LogP contribution in [0.1, 0.15) is 31.1 Å². The van der Waals surface area contributed by atoms with Crippen molar-refractivity contribution < 1.29 is 47.5 Å². The Bertz CT molecular complexity index is 1440. The van der Waals surface area contributed by atoms with Crippen molar-refractivity contribution in [1.29, 1.82) is 0 Å². The molecule has 1 fully saturated rings. The van der Waals surface area contributed by atoms with Gasteiger partial charge in [0.1, 0.15) is 6.10 Å². The van der Waals surface area contributed by atoms with Gasteiger partial charge in [-0.1, -0.05) is 54.6 Å². The van der Waals surface area contributed by atoms with Crippen molar-refractivity contribution in [2.24, 2.45) is 0 Å². The number of rotatable bonds is 11. The van der Waals surface area contributed by atoms with Crippen LogP contribution < -0.4 is 0 Å². The van der Waals surface area contributed by atoms with Gasteiger partial charge in [0.05, 0.1) is 23.3 Å². The van der Waals surface area contributed by atoms with E-state index in [-0.39, 0.29) is 16.7 Å². The fourth-order valence-electron chi connectivity index (χ4n) is 4.49. The highest BCUT2D eigenvalue weighted by molar-refractivity contribution is 7.53. The SMILES string of the molecule is CN(C)P(=O)(O[C@H]1O[C@H](CO)[C@@H](OC(=O)c2ccccc2)[C@H](OC(=O)c2ccccc2)[C@H]1OC(=O)c1ccccc1)N(C)C. The van der Waals surface area contributed by atoms with Crippen molar-refractivity contribution in [3.8, 4) is 0 Å². The van der Waals surface area contributed by atoms with Crippen molar-refractivity contribution in [3.63, 3.8) is 0 Å². The molecule has 0 aliphatic carbocycles. The summed E-state index contributed by atoms with van der Waals surface area (Å²) in [5.41, 5.74) is 0.494. The van der Waals surface area contributed by atoms with E-state index < -0.39 is 62.9 Å². The molecule has 1 saturated heterocycles. The molecular formula is C31H35N2O10P. The van der Waals surface area contributed by atoms with Gasteiger partial charge < -0.3 is 24.1 Å². The second-order valence-electron chi connectivity index (χ2n) is 10.2. The molecule has 0 radical (unpaired) electrons. The smallest absolute Gasteiger partial charge is 0.347 e. The van der Waals surface area contributed by atoms with Crippen LogP contribution in [0.4, 0.5) is 0 Å². The van der Waals surface area contributed by atoms with Crippen LogP contribution in [0.2, 0.25) is 0 Å². The van der Waals surface area contributed by atoms with E-state index in [2.05, 4.69) is 0 Å². The number of ether oxygens (including phenoxy) is 4. The molecule has 1 heterocycles. The quantitative estimate of drug-likeness (QED) is 0.189. The molecule has 13 heteroatoms. The van der Waals surface area contributed by atoms with Crippen molar-refractivity contribution >= 4 is 25.6 Å². The molecule has 12 nitrogen and oxygen atoms in total.